The maximum Gasteiger partial charge on any atom is 0.224 e. The minimum Gasteiger partial charge on any atom is -0.381 e. The number of thiophene rings is 1. The minimum atomic E-state index is -0.0680. The van der Waals surface area contributed by atoms with Crippen molar-refractivity contribution >= 4 is 17.2 Å². The van der Waals surface area contributed by atoms with Crippen molar-refractivity contribution in [3.05, 3.63) is 57.8 Å². The Kier molecular flexibility index (Phi) is 5.69. The lowest BCUT2D eigenvalue weighted by Gasteiger charge is -2.25. The van der Waals surface area contributed by atoms with E-state index in [4.69, 9.17) is 4.74 Å². The van der Waals surface area contributed by atoms with Gasteiger partial charge in [0.25, 0.3) is 0 Å². The van der Waals surface area contributed by atoms with E-state index in [-0.39, 0.29) is 17.9 Å². The van der Waals surface area contributed by atoms with Crippen molar-refractivity contribution < 1.29 is 9.53 Å². The Labute approximate surface area is 148 Å². The van der Waals surface area contributed by atoms with Crippen LogP contribution in [0.15, 0.2) is 41.8 Å². The Balaban J connectivity index is 1.80. The van der Waals surface area contributed by atoms with Gasteiger partial charge in [-0.15, -0.1) is 11.3 Å². The molecule has 1 aliphatic heterocycles. The average Bonchev–Trinajstić information content (AvgIpc) is 3.14. The van der Waals surface area contributed by atoms with Gasteiger partial charge in [0.05, 0.1) is 6.04 Å². The van der Waals surface area contributed by atoms with Gasteiger partial charge in [0, 0.05) is 24.0 Å². The molecule has 1 aliphatic rings. The van der Waals surface area contributed by atoms with Gasteiger partial charge >= 0.3 is 0 Å². The van der Waals surface area contributed by atoms with Gasteiger partial charge in [0.15, 0.2) is 0 Å². The molecule has 2 heterocycles. The molecule has 3 nitrogen and oxygen atoms in total. The highest BCUT2D eigenvalue weighted by Gasteiger charge is 2.25. The van der Waals surface area contributed by atoms with Crippen LogP contribution in [0.2, 0.25) is 0 Å². The molecule has 24 heavy (non-hydrogen) atoms. The number of rotatable bonds is 5. The number of hydrogen-bond donors (Lipinski definition) is 1. The Bertz CT molecular complexity index is 643. The number of hydrogen-bond acceptors (Lipinski definition) is 3. The molecule has 1 amide bonds. The van der Waals surface area contributed by atoms with Crippen LogP contribution in [-0.2, 0) is 9.53 Å². The molecule has 128 valence electrons. The largest absolute Gasteiger partial charge is 0.381 e. The van der Waals surface area contributed by atoms with Crippen LogP contribution < -0.4 is 5.32 Å². The van der Waals surface area contributed by atoms with Gasteiger partial charge in [-0.3, -0.25) is 4.79 Å². The first kappa shape index (κ1) is 17.2. The molecule has 1 unspecified atom stereocenters. The zero-order valence-corrected chi connectivity index (χ0v) is 15.1. The number of benzene rings is 1. The molecule has 0 bridgehead atoms. The lowest BCUT2D eigenvalue weighted by atomic mass is 9.96. The number of ether oxygens (including phenoxy) is 1. The molecule has 0 aliphatic carbocycles. The molecule has 4 heteroatoms. The third-order valence-corrected chi connectivity index (χ3v) is 5.58. The number of nitrogens with one attached hydrogen (secondary N) is 1. The van der Waals surface area contributed by atoms with Crippen LogP contribution in [0, 0.1) is 5.92 Å². The zero-order valence-electron chi connectivity index (χ0n) is 14.3. The van der Waals surface area contributed by atoms with Crippen LogP contribution >= 0.6 is 11.3 Å². The normalized spacial score (nSPS) is 17.0. The third kappa shape index (κ3) is 4.05. The Morgan fingerprint density at radius 1 is 1.12 bits per heavy atom. The van der Waals surface area contributed by atoms with E-state index in [9.17, 15) is 4.79 Å². The van der Waals surface area contributed by atoms with Crippen molar-refractivity contribution in [1.29, 1.82) is 0 Å². The topological polar surface area (TPSA) is 38.3 Å². The first-order valence-electron chi connectivity index (χ1n) is 8.66. The van der Waals surface area contributed by atoms with Crippen molar-refractivity contribution in [2.45, 2.75) is 38.6 Å². The van der Waals surface area contributed by atoms with E-state index < -0.39 is 0 Å². The van der Waals surface area contributed by atoms with Gasteiger partial charge < -0.3 is 10.1 Å². The summed E-state index contributed by atoms with van der Waals surface area (Å²) in [5, 5.41) is 5.33. The summed E-state index contributed by atoms with van der Waals surface area (Å²) >= 11 is 1.69. The zero-order chi connectivity index (χ0) is 16.9. The van der Waals surface area contributed by atoms with Gasteiger partial charge in [0.1, 0.15) is 0 Å². The van der Waals surface area contributed by atoms with Crippen molar-refractivity contribution in [1.82, 2.24) is 5.32 Å². The molecule has 0 radical (unpaired) electrons. The van der Waals surface area contributed by atoms with Crippen LogP contribution in [0.3, 0.4) is 0 Å². The second kappa shape index (κ2) is 7.95. The summed E-state index contributed by atoms with van der Waals surface area (Å²) in [5.74, 6) is 0.719. The van der Waals surface area contributed by atoms with Crippen molar-refractivity contribution in [2.24, 2.45) is 5.92 Å². The molecular formula is C20H25NO2S. The van der Waals surface area contributed by atoms with Crippen LogP contribution in [0.25, 0.3) is 0 Å². The summed E-state index contributed by atoms with van der Waals surface area (Å²) in [4.78, 5) is 13.9. The summed E-state index contributed by atoms with van der Waals surface area (Å²) in [7, 11) is 0. The quantitative estimate of drug-likeness (QED) is 0.868. The predicted octanol–water partition coefficient (Wildman–Crippen LogP) is 4.50. The highest BCUT2D eigenvalue weighted by Crippen LogP contribution is 2.28. The van der Waals surface area contributed by atoms with E-state index in [1.807, 2.05) is 6.07 Å². The van der Waals surface area contributed by atoms with E-state index in [0.29, 0.717) is 19.1 Å². The van der Waals surface area contributed by atoms with Gasteiger partial charge in [-0.25, -0.2) is 0 Å². The van der Waals surface area contributed by atoms with Gasteiger partial charge in [-0.1, -0.05) is 44.2 Å². The molecule has 1 fully saturated rings. The van der Waals surface area contributed by atoms with Crippen LogP contribution in [0.4, 0.5) is 0 Å². The van der Waals surface area contributed by atoms with Crippen molar-refractivity contribution in [2.75, 3.05) is 13.2 Å². The summed E-state index contributed by atoms with van der Waals surface area (Å²) < 4.78 is 5.37. The highest BCUT2D eigenvalue weighted by atomic mass is 32.1. The summed E-state index contributed by atoms with van der Waals surface area (Å²) in [6, 6.07) is 12.7. The van der Waals surface area contributed by atoms with Crippen LogP contribution in [0.1, 0.15) is 54.7 Å². The molecule has 1 aromatic heterocycles. The molecule has 1 saturated heterocycles. The smallest absolute Gasteiger partial charge is 0.224 e. The molecule has 3 rings (SSSR count). The fourth-order valence-corrected chi connectivity index (χ4v) is 3.87. The highest BCUT2D eigenvalue weighted by molar-refractivity contribution is 7.10. The number of carbonyl (C=O) groups excluding carboxylic acids is 1. The predicted molar refractivity (Wildman–Crippen MR) is 98.4 cm³/mol. The maximum atomic E-state index is 12.7. The standard InChI is InChI=1S/C20H25NO2S/c1-14(2)15-5-7-16(8-6-15)19(18-4-3-13-24-18)21-20(22)17-9-11-23-12-10-17/h3-8,13-14,17,19H,9-12H2,1-2H3,(H,21,22). The molecular weight excluding hydrogens is 318 g/mol. The second-order valence-electron chi connectivity index (χ2n) is 6.67. The molecule has 0 saturated carbocycles. The second-order valence-corrected chi connectivity index (χ2v) is 7.64. The molecule has 1 atom stereocenters. The fourth-order valence-electron chi connectivity index (χ4n) is 3.07. The monoisotopic (exact) mass is 343 g/mol. The third-order valence-electron chi connectivity index (χ3n) is 4.64. The van der Waals surface area contributed by atoms with E-state index >= 15 is 0 Å². The van der Waals surface area contributed by atoms with Crippen LogP contribution in [0.5, 0.6) is 0 Å². The molecule has 2 aromatic rings. The summed E-state index contributed by atoms with van der Waals surface area (Å²) in [6.45, 7) is 5.76. The Morgan fingerprint density at radius 2 is 1.79 bits per heavy atom. The summed E-state index contributed by atoms with van der Waals surface area (Å²) in [6.07, 6.45) is 1.63. The Morgan fingerprint density at radius 3 is 2.38 bits per heavy atom. The first-order chi connectivity index (χ1) is 11.6. The van der Waals surface area contributed by atoms with E-state index in [1.54, 1.807) is 11.3 Å². The molecule has 1 aromatic carbocycles. The van der Waals surface area contributed by atoms with E-state index in [1.165, 1.54) is 10.4 Å². The number of amides is 1. The van der Waals surface area contributed by atoms with Gasteiger partial charge in [-0.2, -0.15) is 0 Å². The maximum absolute atomic E-state index is 12.7. The van der Waals surface area contributed by atoms with Gasteiger partial charge in [0.2, 0.25) is 5.91 Å². The van der Waals surface area contributed by atoms with Crippen LogP contribution in [-0.4, -0.2) is 19.1 Å². The average molecular weight is 343 g/mol. The lowest BCUT2D eigenvalue weighted by Crippen LogP contribution is -2.36. The first-order valence-corrected chi connectivity index (χ1v) is 9.54. The molecule has 1 N–H and O–H groups in total. The van der Waals surface area contributed by atoms with Gasteiger partial charge in [-0.05, 0) is 41.3 Å². The molecule has 0 spiro atoms. The Hall–Kier alpha value is -1.65. The fraction of sp³-hybridized carbons (Fsp3) is 0.450. The lowest BCUT2D eigenvalue weighted by molar-refractivity contribution is -0.128. The summed E-state index contributed by atoms with van der Waals surface area (Å²) in [5.41, 5.74) is 2.46. The minimum absolute atomic E-state index is 0.0659. The van der Waals surface area contributed by atoms with Crippen molar-refractivity contribution in [3.63, 3.8) is 0 Å². The SMILES string of the molecule is CC(C)c1ccc(C(NC(=O)C2CCOCC2)c2cccs2)cc1. The van der Waals surface area contributed by atoms with E-state index in [2.05, 4.69) is 54.9 Å². The van der Waals surface area contributed by atoms with E-state index in [0.717, 1.165) is 18.4 Å². The van der Waals surface area contributed by atoms with Crippen molar-refractivity contribution in [3.8, 4) is 0 Å². The number of carbonyl (C=O) groups is 1.